The molecular weight excluding hydrogens is 388 g/mol. The molecular formula is C21H20N4O3S. The molecule has 3 aromatic rings. The number of hydrogen-bond donors (Lipinski definition) is 3. The molecule has 0 saturated carbocycles. The SMILES string of the molecule is CC(=O)Nc1ccc(NC(=O)CCc2csc(NC(=O)c3ccccc3)n2)cc1. The molecule has 0 atom stereocenters. The number of rotatable bonds is 7. The van der Waals surface area contributed by atoms with Gasteiger partial charge < -0.3 is 10.6 Å². The summed E-state index contributed by atoms with van der Waals surface area (Å²) < 4.78 is 0. The summed E-state index contributed by atoms with van der Waals surface area (Å²) in [7, 11) is 0. The maximum atomic E-state index is 12.1. The van der Waals surface area contributed by atoms with Gasteiger partial charge >= 0.3 is 0 Å². The Kier molecular flexibility index (Phi) is 6.70. The Hall–Kier alpha value is -3.52. The van der Waals surface area contributed by atoms with Gasteiger partial charge in [-0.1, -0.05) is 18.2 Å². The molecule has 148 valence electrons. The van der Waals surface area contributed by atoms with Crippen molar-refractivity contribution in [3.8, 4) is 0 Å². The highest BCUT2D eigenvalue weighted by Crippen LogP contribution is 2.18. The normalized spacial score (nSPS) is 10.2. The van der Waals surface area contributed by atoms with Crippen molar-refractivity contribution in [2.75, 3.05) is 16.0 Å². The van der Waals surface area contributed by atoms with Crippen LogP contribution >= 0.6 is 11.3 Å². The average Bonchev–Trinajstić information content (AvgIpc) is 3.15. The van der Waals surface area contributed by atoms with Gasteiger partial charge in [0.05, 0.1) is 5.69 Å². The molecule has 8 heteroatoms. The van der Waals surface area contributed by atoms with Crippen LogP contribution in [0.2, 0.25) is 0 Å². The Bertz CT molecular complexity index is 1000. The Morgan fingerprint density at radius 2 is 1.55 bits per heavy atom. The molecule has 0 aliphatic rings. The van der Waals surface area contributed by atoms with Crippen LogP contribution in [0.15, 0.2) is 60.0 Å². The number of aromatic nitrogens is 1. The van der Waals surface area contributed by atoms with Gasteiger partial charge in [-0.25, -0.2) is 4.98 Å². The summed E-state index contributed by atoms with van der Waals surface area (Å²) in [5.74, 6) is -0.503. The maximum Gasteiger partial charge on any atom is 0.257 e. The Morgan fingerprint density at radius 3 is 2.21 bits per heavy atom. The van der Waals surface area contributed by atoms with Crippen molar-refractivity contribution in [3.05, 3.63) is 71.2 Å². The van der Waals surface area contributed by atoms with Crippen LogP contribution in [0.25, 0.3) is 0 Å². The molecule has 1 aromatic heterocycles. The minimum absolute atomic E-state index is 0.139. The number of benzene rings is 2. The summed E-state index contributed by atoms with van der Waals surface area (Å²) in [4.78, 5) is 39.7. The lowest BCUT2D eigenvalue weighted by Gasteiger charge is -2.06. The van der Waals surface area contributed by atoms with Crippen LogP contribution in [0.1, 0.15) is 29.4 Å². The van der Waals surface area contributed by atoms with E-state index in [0.29, 0.717) is 28.5 Å². The van der Waals surface area contributed by atoms with Crippen molar-refractivity contribution >= 4 is 45.6 Å². The molecule has 3 N–H and O–H groups in total. The quantitative estimate of drug-likeness (QED) is 0.551. The van der Waals surface area contributed by atoms with Gasteiger partial charge in [-0.05, 0) is 42.8 Å². The first kappa shape index (κ1) is 20.2. The van der Waals surface area contributed by atoms with Crippen LogP contribution in [-0.2, 0) is 16.0 Å². The fourth-order valence-corrected chi connectivity index (χ4v) is 3.28. The van der Waals surface area contributed by atoms with Crippen molar-refractivity contribution < 1.29 is 14.4 Å². The van der Waals surface area contributed by atoms with E-state index in [1.54, 1.807) is 48.5 Å². The molecule has 0 radical (unpaired) electrons. The van der Waals surface area contributed by atoms with Gasteiger partial charge in [0, 0.05) is 35.7 Å². The zero-order chi connectivity index (χ0) is 20.6. The number of anilines is 3. The van der Waals surface area contributed by atoms with Crippen molar-refractivity contribution in [3.63, 3.8) is 0 Å². The molecule has 0 fully saturated rings. The first-order valence-corrected chi connectivity index (χ1v) is 9.86. The second-order valence-electron chi connectivity index (χ2n) is 6.27. The summed E-state index contributed by atoms with van der Waals surface area (Å²) in [5, 5.41) is 10.6. The van der Waals surface area contributed by atoms with Gasteiger partial charge in [-0.3, -0.25) is 19.7 Å². The Balaban J connectivity index is 1.47. The molecule has 3 amide bonds. The summed E-state index contributed by atoms with van der Waals surface area (Å²) in [6.45, 7) is 1.44. The first-order valence-electron chi connectivity index (χ1n) is 8.98. The number of hydrogen-bond acceptors (Lipinski definition) is 5. The second-order valence-corrected chi connectivity index (χ2v) is 7.13. The lowest BCUT2D eigenvalue weighted by atomic mass is 10.2. The lowest BCUT2D eigenvalue weighted by Crippen LogP contribution is -2.13. The standard InChI is InChI=1S/C21H20N4O3S/c1-14(26)22-16-7-9-17(10-8-16)23-19(27)12-11-18-13-29-21(24-18)25-20(28)15-5-3-2-4-6-15/h2-10,13H,11-12H2,1H3,(H,22,26)(H,23,27)(H,24,25,28). The van der Waals surface area contributed by atoms with Crippen molar-refractivity contribution in [1.82, 2.24) is 4.98 Å². The smallest absolute Gasteiger partial charge is 0.257 e. The number of aryl methyl sites for hydroxylation is 1. The fourth-order valence-electron chi connectivity index (χ4n) is 2.54. The number of nitrogens with one attached hydrogen (secondary N) is 3. The van der Waals surface area contributed by atoms with Gasteiger partial charge in [0.1, 0.15) is 0 Å². The molecule has 0 aliphatic carbocycles. The zero-order valence-electron chi connectivity index (χ0n) is 15.8. The van der Waals surface area contributed by atoms with E-state index in [1.807, 2.05) is 11.4 Å². The third kappa shape index (κ3) is 6.25. The molecule has 0 saturated heterocycles. The largest absolute Gasteiger partial charge is 0.326 e. The van der Waals surface area contributed by atoms with Gasteiger partial charge in [-0.15, -0.1) is 11.3 Å². The van der Waals surface area contributed by atoms with Crippen LogP contribution in [-0.4, -0.2) is 22.7 Å². The van der Waals surface area contributed by atoms with E-state index in [9.17, 15) is 14.4 Å². The van der Waals surface area contributed by atoms with Gasteiger partial charge in [0.25, 0.3) is 5.91 Å². The molecule has 29 heavy (non-hydrogen) atoms. The highest BCUT2D eigenvalue weighted by atomic mass is 32.1. The van der Waals surface area contributed by atoms with Crippen LogP contribution in [0.3, 0.4) is 0 Å². The summed E-state index contributed by atoms with van der Waals surface area (Å²) in [5.41, 5.74) is 2.63. The minimum Gasteiger partial charge on any atom is -0.326 e. The first-order chi connectivity index (χ1) is 14.0. The number of carbonyl (C=O) groups excluding carboxylic acids is 3. The molecule has 0 aliphatic heterocycles. The third-order valence-corrected chi connectivity index (χ3v) is 4.71. The van der Waals surface area contributed by atoms with Crippen molar-refractivity contribution in [1.29, 1.82) is 0 Å². The third-order valence-electron chi connectivity index (χ3n) is 3.91. The van der Waals surface area contributed by atoms with E-state index in [2.05, 4.69) is 20.9 Å². The van der Waals surface area contributed by atoms with Gasteiger partial charge in [0.15, 0.2) is 5.13 Å². The lowest BCUT2D eigenvalue weighted by molar-refractivity contribution is -0.116. The number of nitrogens with zero attached hydrogens (tertiary/aromatic N) is 1. The highest BCUT2D eigenvalue weighted by Gasteiger charge is 2.10. The topological polar surface area (TPSA) is 100 Å². The van der Waals surface area contributed by atoms with Crippen molar-refractivity contribution in [2.45, 2.75) is 19.8 Å². The Labute approximate surface area is 172 Å². The predicted octanol–water partition coefficient (Wildman–Crippen LogP) is 3.93. The number of carbonyl (C=O) groups is 3. The molecule has 0 unspecified atom stereocenters. The Morgan fingerprint density at radius 1 is 0.897 bits per heavy atom. The van der Waals surface area contributed by atoms with Crippen molar-refractivity contribution in [2.24, 2.45) is 0 Å². The number of thiazole rings is 1. The number of amides is 3. The molecule has 0 spiro atoms. The van der Waals surface area contributed by atoms with E-state index in [1.165, 1.54) is 18.3 Å². The highest BCUT2D eigenvalue weighted by molar-refractivity contribution is 7.14. The summed E-state index contributed by atoms with van der Waals surface area (Å²) in [6, 6.07) is 15.8. The fraction of sp³-hybridized carbons (Fsp3) is 0.143. The molecule has 7 nitrogen and oxygen atoms in total. The van der Waals surface area contributed by atoms with Gasteiger partial charge in [-0.2, -0.15) is 0 Å². The summed E-state index contributed by atoms with van der Waals surface area (Å²) >= 11 is 1.33. The van der Waals surface area contributed by atoms with Crippen LogP contribution < -0.4 is 16.0 Å². The summed E-state index contributed by atoms with van der Waals surface area (Å²) in [6.07, 6.45) is 0.733. The average molecular weight is 408 g/mol. The molecule has 2 aromatic carbocycles. The van der Waals surface area contributed by atoms with Crippen LogP contribution in [0.5, 0.6) is 0 Å². The minimum atomic E-state index is -0.216. The maximum absolute atomic E-state index is 12.1. The zero-order valence-corrected chi connectivity index (χ0v) is 16.6. The van der Waals surface area contributed by atoms with E-state index in [4.69, 9.17) is 0 Å². The van der Waals surface area contributed by atoms with Crippen LogP contribution in [0, 0.1) is 0 Å². The molecule has 3 rings (SSSR count). The molecule has 0 bridgehead atoms. The van der Waals surface area contributed by atoms with E-state index >= 15 is 0 Å². The van der Waals surface area contributed by atoms with E-state index in [0.717, 1.165) is 5.69 Å². The molecule has 1 heterocycles. The monoisotopic (exact) mass is 408 g/mol. The van der Waals surface area contributed by atoms with E-state index < -0.39 is 0 Å². The van der Waals surface area contributed by atoms with Crippen LogP contribution in [0.4, 0.5) is 16.5 Å². The second kappa shape index (κ2) is 9.61. The van der Waals surface area contributed by atoms with E-state index in [-0.39, 0.29) is 24.1 Å². The predicted molar refractivity (Wildman–Crippen MR) is 114 cm³/mol. The van der Waals surface area contributed by atoms with Gasteiger partial charge in [0.2, 0.25) is 11.8 Å².